The Labute approximate surface area is 225 Å². The van der Waals surface area contributed by atoms with Crippen molar-refractivity contribution in [2.75, 3.05) is 25.6 Å². The highest BCUT2D eigenvalue weighted by atomic mass is 31.3. The van der Waals surface area contributed by atoms with Crippen LogP contribution in [0.5, 0.6) is 0 Å². The number of nitrogens with zero attached hydrogens (tertiary/aromatic N) is 4. The van der Waals surface area contributed by atoms with Crippen LogP contribution in [0.3, 0.4) is 0 Å². The highest BCUT2D eigenvalue weighted by Gasteiger charge is 2.47. The van der Waals surface area contributed by atoms with Gasteiger partial charge in [-0.25, -0.2) is 24.1 Å². The number of nitrogen functional groups attached to an aromatic ring is 1. The monoisotopic (exact) mass is 613 g/mol. The number of phosphoric acid groups is 2. The third-order valence-electron chi connectivity index (χ3n) is 5.94. The number of hydrogen-bond acceptors (Lipinski definition) is 16. The molecular formula is C19H29N5O14P2. The molecule has 2 aliphatic rings. The number of fused-ring (bicyclic) bond motifs is 1. The molecule has 4 heterocycles. The van der Waals surface area contributed by atoms with Crippen molar-refractivity contribution >= 4 is 32.6 Å². The summed E-state index contributed by atoms with van der Waals surface area (Å²) in [5, 5.41) is 40.9. The maximum atomic E-state index is 12.3. The smallest absolute Gasteiger partial charge is 0.387 e. The molecule has 0 bridgehead atoms. The number of aliphatic hydroxyl groups is 4. The quantitative estimate of drug-likeness (QED) is 0.104. The van der Waals surface area contributed by atoms with Gasteiger partial charge in [-0.3, -0.25) is 13.6 Å². The number of nitrogens with two attached hydrogens (primary N) is 1. The van der Waals surface area contributed by atoms with Gasteiger partial charge in [-0.05, 0) is 6.92 Å². The van der Waals surface area contributed by atoms with Crippen LogP contribution in [0.4, 0.5) is 5.82 Å². The zero-order valence-corrected chi connectivity index (χ0v) is 22.5. The first-order valence-electron chi connectivity index (χ1n) is 11.7. The first kappa shape index (κ1) is 31.0. The molecule has 2 unspecified atom stereocenters. The fourth-order valence-corrected chi connectivity index (χ4v) is 6.06. The molecule has 2 aliphatic heterocycles. The van der Waals surface area contributed by atoms with E-state index in [1.807, 2.05) is 0 Å². The van der Waals surface area contributed by atoms with Crippen molar-refractivity contribution in [3.05, 3.63) is 24.8 Å². The van der Waals surface area contributed by atoms with Crippen molar-refractivity contribution < 1.29 is 66.9 Å². The number of hydrogen-bond donors (Lipinski definition) is 7. The van der Waals surface area contributed by atoms with Gasteiger partial charge in [-0.1, -0.05) is 12.2 Å². The molecule has 2 aromatic heterocycles. The number of allylic oxidation sites excluding steroid dienone is 1. The molecule has 0 amide bonds. The van der Waals surface area contributed by atoms with Crippen molar-refractivity contribution in [3.8, 4) is 0 Å². The lowest BCUT2D eigenvalue weighted by molar-refractivity contribution is -0.143. The molecular weight excluding hydrogens is 584 g/mol. The molecule has 0 saturated carbocycles. The second kappa shape index (κ2) is 12.5. The largest absolute Gasteiger partial charge is 0.481 e. The van der Waals surface area contributed by atoms with Crippen molar-refractivity contribution in [2.24, 2.45) is 0 Å². The molecule has 10 atom stereocenters. The Morgan fingerprint density at radius 2 is 1.65 bits per heavy atom. The van der Waals surface area contributed by atoms with Gasteiger partial charge in [0.05, 0.1) is 26.1 Å². The minimum absolute atomic E-state index is 0.0535. The minimum Gasteiger partial charge on any atom is -0.387 e. The number of rotatable bonds is 12. The molecule has 4 rings (SSSR count). The van der Waals surface area contributed by atoms with Gasteiger partial charge in [0.2, 0.25) is 0 Å². The second-order valence-corrected chi connectivity index (χ2v) is 11.7. The van der Waals surface area contributed by atoms with Crippen LogP contribution in [-0.4, -0.2) is 112 Å². The molecule has 21 heteroatoms. The Morgan fingerprint density at radius 3 is 2.30 bits per heavy atom. The summed E-state index contributed by atoms with van der Waals surface area (Å²) in [4.78, 5) is 31.7. The van der Waals surface area contributed by atoms with Gasteiger partial charge < -0.3 is 50.2 Å². The maximum Gasteiger partial charge on any atom is 0.481 e. The zero-order valence-electron chi connectivity index (χ0n) is 20.8. The third-order valence-corrected chi connectivity index (χ3v) is 8.54. The van der Waals surface area contributed by atoms with Gasteiger partial charge in [-0.2, -0.15) is 4.31 Å². The first-order valence-corrected chi connectivity index (χ1v) is 14.7. The minimum atomic E-state index is -5.31. The SMILES string of the molecule is C/C=C/CO[C@@H]1[C@H](O)[C@@H](COP(=O)(O)OP(=O)(O)OC[C@H]2O[C@@H](n3cnc4c(N)ncnc43)[C@H](O)[C@@H]2O)O[C@@H]1O. The molecule has 8 N–H and O–H groups in total. The summed E-state index contributed by atoms with van der Waals surface area (Å²) < 4.78 is 55.2. The van der Waals surface area contributed by atoms with E-state index < -0.39 is 78.0 Å². The van der Waals surface area contributed by atoms with Gasteiger partial charge in [-0.15, -0.1) is 0 Å². The number of anilines is 1. The molecule has 40 heavy (non-hydrogen) atoms. The van der Waals surface area contributed by atoms with Gasteiger partial charge in [0.25, 0.3) is 0 Å². The molecule has 0 spiro atoms. The number of phosphoric ester groups is 2. The number of ether oxygens (including phenoxy) is 3. The Balaban J connectivity index is 1.30. The van der Waals surface area contributed by atoms with Crippen molar-refractivity contribution in [3.63, 3.8) is 0 Å². The summed E-state index contributed by atoms with van der Waals surface area (Å²) in [5.74, 6) is 0.0634. The molecule has 224 valence electrons. The zero-order chi connectivity index (χ0) is 29.2. The lowest BCUT2D eigenvalue weighted by Crippen LogP contribution is -2.36. The van der Waals surface area contributed by atoms with Crippen LogP contribution in [0.15, 0.2) is 24.8 Å². The summed E-state index contributed by atoms with van der Waals surface area (Å²) in [6.07, 6.45) is -5.72. The molecule has 2 aromatic rings. The van der Waals surface area contributed by atoms with E-state index in [0.717, 1.165) is 6.33 Å². The third kappa shape index (κ3) is 6.92. The normalized spacial score (nSPS) is 34.0. The molecule has 2 fully saturated rings. The average molecular weight is 613 g/mol. The average Bonchev–Trinajstić information content (AvgIpc) is 3.52. The van der Waals surface area contributed by atoms with Crippen LogP contribution in [0.1, 0.15) is 13.2 Å². The Hall–Kier alpha value is -1.93. The maximum absolute atomic E-state index is 12.3. The Kier molecular flexibility index (Phi) is 9.71. The highest BCUT2D eigenvalue weighted by Crippen LogP contribution is 2.60. The van der Waals surface area contributed by atoms with E-state index in [4.69, 9.17) is 19.9 Å². The van der Waals surface area contributed by atoms with Gasteiger partial charge in [0.15, 0.2) is 24.0 Å². The summed E-state index contributed by atoms with van der Waals surface area (Å²) in [7, 11) is -10.6. The van der Waals surface area contributed by atoms with E-state index in [1.165, 1.54) is 10.9 Å². The molecule has 0 aliphatic carbocycles. The van der Waals surface area contributed by atoms with Crippen LogP contribution in [-0.2, 0) is 36.7 Å². The van der Waals surface area contributed by atoms with Crippen LogP contribution < -0.4 is 5.73 Å². The standard InChI is InChI=1S/C19H29N5O14P2/c1-2-3-4-33-15-13(26)10(37-19(15)28)6-35-40(31,32)38-39(29,30)34-5-9-12(25)14(27)18(36-9)24-8-23-11-16(20)21-7-22-17(11)24/h2-3,7-10,12-15,18-19,25-28H,4-6H2,1H3,(H,29,30)(H,31,32)(H2,20,21,22)/b3-2+/t9-,10-,12-,13-,14-,15-,18-,19+/m1/s1. The fourth-order valence-electron chi connectivity index (χ4n) is 3.96. The van der Waals surface area contributed by atoms with Crippen LogP contribution in [0, 0.1) is 0 Å². The van der Waals surface area contributed by atoms with Gasteiger partial charge in [0.1, 0.15) is 48.5 Å². The van der Waals surface area contributed by atoms with Crippen molar-refractivity contribution in [1.29, 1.82) is 0 Å². The fraction of sp³-hybridized carbons (Fsp3) is 0.632. The second-order valence-electron chi connectivity index (χ2n) is 8.66. The number of aliphatic hydroxyl groups excluding tert-OH is 4. The van der Waals surface area contributed by atoms with E-state index >= 15 is 0 Å². The van der Waals surface area contributed by atoms with Crippen LogP contribution >= 0.6 is 15.6 Å². The summed E-state index contributed by atoms with van der Waals surface area (Å²) in [6, 6.07) is 0. The summed E-state index contributed by atoms with van der Waals surface area (Å²) in [6.45, 7) is 0.0893. The van der Waals surface area contributed by atoms with Gasteiger partial charge >= 0.3 is 15.6 Å². The predicted octanol–water partition coefficient (Wildman–Crippen LogP) is -1.68. The number of imidazole rings is 1. The van der Waals surface area contributed by atoms with Gasteiger partial charge in [0, 0.05) is 0 Å². The molecule has 19 nitrogen and oxygen atoms in total. The van der Waals surface area contributed by atoms with E-state index in [1.54, 1.807) is 19.1 Å². The lowest BCUT2D eigenvalue weighted by atomic mass is 10.1. The molecule has 2 saturated heterocycles. The lowest BCUT2D eigenvalue weighted by Gasteiger charge is -2.21. The summed E-state index contributed by atoms with van der Waals surface area (Å²) in [5.41, 5.74) is 6.13. The van der Waals surface area contributed by atoms with E-state index in [2.05, 4.69) is 28.3 Å². The van der Waals surface area contributed by atoms with Crippen LogP contribution in [0.25, 0.3) is 11.2 Å². The van der Waals surface area contributed by atoms with Crippen molar-refractivity contribution in [1.82, 2.24) is 19.5 Å². The predicted molar refractivity (Wildman–Crippen MR) is 130 cm³/mol. The number of aromatic nitrogens is 4. The Morgan fingerprint density at radius 1 is 1.00 bits per heavy atom. The van der Waals surface area contributed by atoms with E-state index in [9.17, 15) is 39.3 Å². The van der Waals surface area contributed by atoms with Crippen molar-refractivity contribution in [2.45, 2.75) is 56.1 Å². The topological polar surface area (TPSA) is 281 Å². The highest BCUT2D eigenvalue weighted by molar-refractivity contribution is 7.61. The summed E-state index contributed by atoms with van der Waals surface area (Å²) >= 11 is 0. The first-order chi connectivity index (χ1) is 18.8. The van der Waals surface area contributed by atoms with E-state index in [-0.39, 0.29) is 23.6 Å². The molecule has 0 aromatic carbocycles. The molecule has 0 radical (unpaired) electrons. The van der Waals surface area contributed by atoms with Crippen LogP contribution in [0.2, 0.25) is 0 Å². The Bertz CT molecular complexity index is 1300. The van der Waals surface area contributed by atoms with E-state index in [0.29, 0.717) is 0 Å².